The number of rotatable bonds is 1. The number of nitrogens with zero attached hydrogens (tertiary/aromatic N) is 1. The minimum Gasteiger partial charge on any atom is -0.368 e. The first-order valence-electron chi connectivity index (χ1n) is 4.19. The molecule has 0 aromatic rings. The van der Waals surface area contributed by atoms with Gasteiger partial charge in [0.05, 0.1) is 6.04 Å². The van der Waals surface area contributed by atoms with Crippen molar-refractivity contribution in [3.8, 4) is 0 Å². The van der Waals surface area contributed by atoms with Gasteiger partial charge in [-0.15, -0.1) is 0 Å². The van der Waals surface area contributed by atoms with Gasteiger partial charge in [0.1, 0.15) is 5.84 Å². The van der Waals surface area contributed by atoms with Gasteiger partial charge in [-0.25, -0.2) is 0 Å². The van der Waals surface area contributed by atoms with E-state index in [0.29, 0.717) is 12.1 Å². The quantitative estimate of drug-likeness (QED) is 0.608. The molecule has 62 valence electrons. The third-order valence-corrected chi connectivity index (χ3v) is 1.55. The standard InChI is InChI=1S/C9H16N2/c1-7(2)10-9-6-4-5-8(3)11-9/h4,6-8H,5H2,1-3H3,(H,10,11). The van der Waals surface area contributed by atoms with Crippen LogP contribution in [0.3, 0.4) is 0 Å². The fourth-order valence-corrected chi connectivity index (χ4v) is 1.09. The molecule has 0 radical (unpaired) electrons. The van der Waals surface area contributed by atoms with Crippen molar-refractivity contribution < 1.29 is 0 Å². The summed E-state index contributed by atoms with van der Waals surface area (Å²) in [6, 6.07) is 0.921. The largest absolute Gasteiger partial charge is 0.368 e. The van der Waals surface area contributed by atoms with E-state index in [4.69, 9.17) is 0 Å². The van der Waals surface area contributed by atoms with Gasteiger partial charge < -0.3 is 5.32 Å². The van der Waals surface area contributed by atoms with Gasteiger partial charge >= 0.3 is 0 Å². The van der Waals surface area contributed by atoms with E-state index < -0.39 is 0 Å². The molecule has 2 nitrogen and oxygen atoms in total. The van der Waals surface area contributed by atoms with E-state index in [0.717, 1.165) is 12.3 Å². The zero-order chi connectivity index (χ0) is 8.27. The van der Waals surface area contributed by atoms with Crippen LogP contribution in [-0.4, -0.2) is 17.9 Å². The van der Waals surface area contributed by atoms with Crippen LogP contribution in [-0.2, 0) is 0 Å². The molecule has 0 aromatic carbocycles. The molecule has 0 saturated heterocycles. The molecule has 1 unspecified atom stereocenters. The van der Waals surface area contributed by atoms with Crippen molar-refractivity contribution in [2.45, 2.75) is 39.3 Å². The summed E-state index contributed by atoms with van der Waals surface area (Å²) >= 11 is 0. The molecule has 0 aliphatic carbocycles. The molecule has 1 N–H and O–H groups in total. The Hall–Kier alpha value is -0.790. The number of hydrogen-bond donors (Lipinski definition) is 1. The number of hydrogen-bond acceptors (Lipinski definition) is 2. The SMILES string of the molecule is CC1CC=CC(NC(C)C)=N1. The summed E-state index contributed by atoms with van der Waals surface area (Å²) in [6.07, 6.45) is 5.30. The van der Waals surface area contributed by atoms with Crippen LogP contribution in [0.2, 0.25) is 0 Å². The van der Waals surface area contributed by atoms with Crippen molar-refractivity contribution in [2.24, 2.45) is 4.99 Å². The third kappa shape index (κ3) is 2.74. The predicted octanol–water partition coefficient (Wildman–Crippen LogP) is 1.73. The summed E-state index contributed by atoms with van der Waals surface area (Å²) in [5.74, 6) is 1.03. The van der Waals surface area contributed by atoms with Gasteiger partial charge in [0, 0.05) is 6.04 Å². The molecule has 1 aliphatic heterocycles. The van der Waals surface area contributed by atoms with Crippen LogP contribution in [0, 0.1) is 0 Å². The fraction of sp³-hybridized carbons (Fsp3) is 0.667. The number of aliphatic imine (C=N–C) groups is 1. The summed E-state index contributed by atoms with van der Waals surface area (Å²) in [5.41, 5.74) is 0. The first kappa shape index (κ1) is 8.31. The molecule has 0 fully saturated rings. The molecule has 0 bridgehead atoms. The molecular formula is C9H16N2. The second-order valence-electron chi connectivity index (χ2n) is 3.30. The van der Waals surface area contributed by atoms with E-state index in [1.807, 2.05) is 0 Å². The molecular weight excluding hydrogens is 136 g/mol. The topological polar surface area (TPSA) is 24.4 Å². The van der Waals surface area contributed by atoms with Gasteiger partial charge in [-0.3, -0.25) is 4.99 Å². The van der Waals surface area contributed by atoms with Crippen molar-refractivity contribution in [3.05, 3.63) is 12.2 Å². The van der Waals surface area contributed by atoms with E-state index in [9.17, 15) is 0 Å². The van der Waals surface area contributed by atoms with E-state index in [2.05, 4.69) is 43.2 Å². The number of dihydropyridines is 1. The van der Waals surface area contributed by atoms with Gasteiger partial charge in [0.15, 0.2) is 0 Å². The summed E-state index contributed by atoms with van der Waals surface area (Å²) in [4.78, 5) is 4.44. The Balaban J connectivity index is 2.50. The lowest BCUT2D eigenvalue weighted by atomic mass is 10.2. The minimum absolute atomic E-state index is 0.446. The van der Waals surface area contributed by atoms with E-state index in [1.165, 1.54) is 0 Å². The molecule has 0 aromatic heterocycles. The molecule has 11 heavy (non-hydrogen) atoms. The molecule has 0 amide bonds. The summed E-state index contributed by atoms with van der Waals surface area (Å²) in [6.45, 7) is 6.37. The monoisotopic (exact) mass is 152 g/mol. The Bertz CT molecular complexity index is 180. The zero-order valence-corrected chi connectivity index (χ0v) is 7.46. The van der Waals surface area contributed by atoms with E-state index >= 15 is 0 Å². The lowest BCUT2D eigenvalue weighted by Gasteiger charge is -2.15. The van der Waals surface area contributed by atoms with Gasteiger partial charge in [0.25, 0.3) is 0 Å². The number of nitrogens with one attached hydrogen (secondary N) is 1. The van der Waals surface area contributed by atoms with Gasteiger partial charge in [-0.05, 0) is 33.3 Å². The van der Waals surface area contributed by atoms with Crippen LogP contribution in [0.15, 0.2) is 17.1 Å². The second kappa shape index (κ2) is 3.56. The Kier molecular flexibility index (Phi) is 2.69. The summed E-state index contributed by atoms with van der Waals surface area (Å²) in [7, 11) is 0. The fourth-order valence-electron chi connectivity index (χ4n) is 1.09. The van der Waals surface area contributed by atoms with Gasteiger partial charge in [0.2, 0.25) is 0 Å². The lowest BCUT2D eigenvalue weighted by Crippen LogP contribution is -2.30. The Labute approximate surface area is 68.4 Å². The maximum atomic E-state index is 4.44. The van der Waals surface area contributed by atoms with Crippen LogP contribution in [0.25, 0.3) is 0 Å². The highest BCUT2D eigenvalue weighted by Crippen LogP contribution is 2.04. The highest BCUT2D eigenvalue weighted by molar-refractivity contribution is 5.93. The number of amidine groups is 1. The molecule has 0 spiro atoms. The van der Waals surface area contributed by atoms with Crippen molar-refractivity contribution in [2.75, 3.05) is 0 Å². The van der Waals surface area contributed by atoms with Crippen LogP contribution in [0.1, 0.15) is 27.2 Å². The third-order valence-electron chi connectivity index (χ3n) is 1.55. The first-order valence-corrected chi connectivity index (χ1v) is 4.19. The van der Waals surface area contributed by atoms with Crippen LogP contribution >= 0.6 is 0 Å². The van der Waals surface area contributed by atoms with Crippen molar-refractivity contribution in [1.82, 2.24) is 5.32 Å². The lowest BCUT2D eigenvalue weighted by molar-refractivity contribution is 0.698. The average molecular weight is 152 g/mol. The second-order valence-corrected chi connectivity index (χ2v) is 3.30. The molecule has 2 heteroatoms. The Morgan fingerprint density at radius 2 is 2.36 bits per heavy atom. The molecule has 1 atom stereocenters. The Morgan fingerprint density at radius 3 is 2.91 bits per heavy atom. The maximum absolute atomic E-state index is 4.44. The van der Waals surface area contributed by atoms with Crippen LogP contribution in [0.4, 0.5) is 0 Å². The van der Waals surface area contributed by atoms with Crippen LogP contribution < -0.4 is 5.32 Å². The maximum Gasteiger partial charge on any atom is 0.120 e. The van der Waals surface area contributed by atoms with Crippen molar-refractivity contribution in [1.29, 1.82) is 0 Å². The van der Waals surface area contributed by atoms with E-state index in [-0.39, 0.29) is 0 Å². The van der Waals surface area contributed by atoms with E-state index in [1.54, 1.807) is 0 Å². The highest BCUT2D eigenvalue weighted by atomic mass is 15.0. The molecule has 0 saturated carbocycles. The summed E-state index contributed by atoms with van der Waals surface area (Å²) < 4.78 is 0. The molecule has 1 aliphatic rings. The highest BCUT2D eigenvalue weighted by Gasteiger charge is 2.04. The normalized spacial score (nSPS) is 23.6. The zero-order valence-electron chi connectivity index (χ0n) is 7.46. The Morgan fingerprint density at radius 1 is 1.64 bits per heavy atom. The first-order chi connectivity index (χ1) is 5.18. The smallest absolute Gasteiger partial charge is 0.120 e. The van der Waals surface area contributed by atoms with Crippen molar-refractivity contribution >= 4 is 5.84 Å². The minimum atomic E-state index is 0.446. The van der Waals surface area contributed by atoms with Crippen LogP contribution in [0.5, 0.6) is 0 Å². The average Bonchev–Trinajstić information content (AvgIpc) is 1.85. The predicted molar refractivity (Wildman–Crippen MR) is 48.9 cm³/mol. The summed E-state index contributed by atoms with van der Waals surface area (Å²) in [5, 5.41) is 3.28. The van der Waals surface area contributed by atoms with Gasteiger partial charge in [-0.1, -0.05) is 6.08 Å². The molecule has 1 rings (SSSR count). The van der Waals surface area contributed by atoms with Crippen molar-refractivity contribution in [3.63, 3.8) is 0 Å². The van der Waals surface area contributed by atoms with Gasteiger partial charge in [-0.2, -0.15) is 0 Å². The molecule has 1 heterocycles.